The topological polar surface area (TPSA) is 81.4 Å². The van der Waals surface area contributed by atoms with E-state index in [1.807, 2.05) is 34.6 Å². The van der Waals surface area contributed by atoms with E-state index in [2.05, 4.69) is 4.72 Å². The first-order chi connectivity index (χ1) is 9.69. The van der Waals surface area contributed by atoms with Crippen LogP contribution in [0.25, 0.3) is 0 Å². The number of aryl methyl sites for hydroxylation is 1. The van der Waals surface area contributed by atoms with Crippen LogP contribution in [0.4, 0.5) is 5.69 Å². The van der Waals surface area contributed by atoms with Crippen molar-refractivity contribution in [2.75, 3.05) is 18.9 Å². The summed E-state index contributed by atoms with van der Waals surface area (Å²) in [6.45, 7) is 10.4. The maximum absolute atomic E-state index is 12.5. The Morgan fingerprint density at radius 2 is 1.90 bits per heavy atom. The van der Waals surface area contributed by atoms with Gasteiger partial charge in [0.1, 0.15) is 0 Å². The highest BCUT2D eigenvalue weighted by atomic mass is 32.2. The van der Waals surface area contributed by atoms with E-state index in [0.717, 1.165) is 11.1 Å². The van der Waals surface area contributed by atoms with Crippen molar-refractivity contribution < 1.29 is 13.2 Å². The Kier molecular flexibility index (Phi) is 6.19. The zero-order chi connectivity index (χ0) is 16.2. The quantitative estimate of drug-likeness (QED) is 0.756. The van der Waals surface area contributed by atoms with E-state index in [9.17, 15) is 8.42 Å². The van der Waals surface area contributed by atoms with Crippen molar-refractivity contribution in [1.82, 2.24) is 4.72 Å². The lowest BCUT2D eigenvalue weighted by Crippen LogP contribution is -2.41. The number of nitrogen functional groups attached to an aromatic ring is 1. The first-order valence-electron chi connectivity index (χ1n) is 7.15. The van der Waals surface area contributed by atoms with E-state index in [4.69, 9.17) is 10.5 Å². The molecule has 0 radical (unpaired) electrons. The van der Waals surface area contributed by atoms with E-state index in [0.29, 0.717) is 18.9 Å². The van der Waals surface area contributed by atoms with E-state index in [1.54, 1.807) is 6.07 Å². The number of nitrogens with one attached hydrogen (secondary N) is 1. The summed E-state index contributed by atoms with van der Waals surface area (Å²) in [4.78, 5) is 0.199. The summed E-state index contributed by atoms with van der Waals surface area (Å²) in [6.07, 6.45) is 0. The fourth-order valence-electron chi connectivity index (χ4n) is 1.88. The molecule has 0 aliphatic rings. The summed E-state index contributed by atoms with van der Waals surface area (Å²) < 4.78 is 33.1. The van der Waals surface area contributed by atoms with Gasteiger partial charge in [0.25, 0.3) is 0 Å². The third-order valence-electron chi connectivity index (χ3n) is 3.60. The Hall–Kier alpha value is -1.11. The van der Waals surface area contributed by atoms with Crippen molar-refractivity contribution in [2.45, 2.75) is 45.6 Å². The number of anilines is 1. The Bertz CT molecular complexity index is 560. The molecule has 0 heterocycles. The average Bonchev–Trinajstić information content (AvgIpc) is 2.39. The number of nitrogens with two attached hydrogens (primary N) is 1. The molecule has 0 spiro atoms. The molecule has 0 bridgehead atoms. The Balaban J connectivity index is 3.04. The number of rotatable bonds is 7. The Morgan fingerprint density at radius 3 is 2.38 bits per heavy atom. The van der Waals surface area contributed by atoms with Gasteiger partial charge in [-0.05, 0) is 49.9 Å². The molecule has 6 heteroatoms. The van der Waals surface area contributed by atoms with Crippen molar-refractivity contribution in [3.05, 3.63) is 23.3 Å². The van der Waals surface area contributed by atoms with Gasteiger partial charge in [0.2, 0.25) is 10.0 Å². The van der Waals surface area contributed by atoms with Crippen LogP contribution in [0.15, 0.2) is 17.0 Å². The normalized spacial score (nSPS) is 13.6. The molecule has 1 aromatic rings. The van der Waals surface area contributed by atoms with Crippen LogP contribution >= 0.6 is 0 Å². The maximum atomic E-state index is 12.5. The minimum Gasteiger partial charge on any atom is -0.398 e. The minimum absolute atomic E-state index is 0.134. The van der Waals surface area contributed by atoms with E-state index < -0.39 is 10.0 Å². The lowest BCUT2D eigenvalue weighted by molar-refractivity contribution is 0.116. The highest BCUT2D eigenvalue weighted by molar-refractivity contribution is 7.89. The van der Waals surface area contributed by atoms with Crippen molar-refractivity contribution >= 4 is 15.7 Å². The van der Waals surface area contributed by atoms with Crippen LogP contribution in [0, 0.1) is 19.8 Å². The molecule has 0 aromatic heterocycles. The molecular formula is C15H26N2O3S. The molecule has 3 N–H and O–H groups in total. The SMILES string of the molecule is CCOCC(NS(=O)(=O)c1cc(C)c(C)c(N)c1)C(C)C. The summed E-state index contributed by atoms with van der Waals surface area (Å²) in [7, 11) is -3.61. The van der Waals surface area contributed by atoms with Gasteiger partial charge in [-0.25, -0.2) is 13.1 Å². The van der Waals surface area contributed by atoms with Gasteiger partial charge in [0.05, 0.1) is 11.5 Å². The summed E-state index contributed by atoms with van der Waals surface area (Å²) in [5, 5.41) is 0. The molecule has 0 aliphatic heterocycles. The van der Waals surface area contributed by atoms with Crippen LogP contribution in [0.5, 0.6) is 0 Å². The first-order valence-corrected chi connectivity index (χ1v) is 8.64. The highest BCUT2D eigenvalue weighted by Crippen LogP contribution is 2.22. The van der Waals surface area contributed by atoms with Crippen LogP contribution in [0.3, 0.4) is 0 Å². The molecule has 0 fully saturated rings. The molecule has 1 rings (SSSR count). The molecule has 1 atom stereocenters. The van der Waals surface area contributed by atoms with E-state index in [-0.39, 0.29) is 16.9 Å². The minimum atomic E-state index is -3.61. The second kappa shape index (κ2) is 7.24. The maximum Gasteiger partial charge on any atom is 0.240 e. The highest BCUT2D eigenvalue weighted by Gasteiger charge is 2.23. The smallest absolute Gasteiger partial charge is 0.240 e. The van der Waals surface area contributed by atoms with Crippen molar-refractivity contribution in [1.29, 1.82) is 0 Å². The Labute approximate surface area is 127 Å². The van der Waals surface area contributed by atoms with Gasteiger partial charge in [-0.2, -0.15) is 0 Å². The predicted molar refractivity (Wildman–Crippen MR) is 85.8 cm³/mol. The summed E-state index contributed by atoms with van der Waals surface area (Å²) in [5.74, 6) is 0.134. The molecule has 0 saturated heterocycles. The van der Waals surface area contributed by atoms with Gasteiger partial charge in [0.15, 0.2) is 0 Å². The number of hydrogen-bond acceptors (Lipinski definition) is 4. The summed E-state index contributed by atoms with van der Waals surface area (Å²) in [5.41, 5.74) is 8.13. The molecular weight excluding hydrogens is 288 g/mol. The lowest BCUT2D eigenvalue weighted by Gasteiger charge is -2.22. The van der Waals surface area contributed by atoms with Crippen molar-refractivity contribution in [3.8, 4) is 0 Å². The second-order valence-corrected chi connectivity index (χ2v) is 7.30. The zero-order valence-electron chi connectivity index (χ0n) is 13.4. The molecule has 0 saturated carbocycles. The van der Waals surface area contributed by atoms with Crippen molar-refractivity contribution in [3.63, 3.8) is 0 Å². The molecule has 5 nitrogen and oxygen atoms in total. The van der Waals surface area contributed by atoms with Crippen molar-refractivity contribution in [2.24, 2.45) is 5.92 Å². The number of hydrogen-bond donors (Lipinski definition) is 2. The average molecular weight is 314 g/mol. The van der Waals surface area contributed by atoms with Crippen LogP contribution in [0.1, 0.15) is 31.9 Å². The molecule has 21 heavy (non-hydrogen) atoms. The fourth-order valence-corrected chi connectivity index (χ4v) is 3.37. The van der Waals surface area contributed by atoms with Crippen LogP contribution < -0.4 is 10.5 Å². The lowest BCUT2D eigenvalue weighted by atomic mass is 10.1. The third kappa shape index (κ3) is 4.69. The van der Waals surface area contributed by atoms with Crippen LogP contribution in [-0.2, 0) is 14.8 Å². The standard InChI is InChI=1S/C15H26N2O3S/c1-6-20-9-15(10(2)3)17-21(18,19)13-7-11(4)12(5)14(16)8-13/h7-8,10,15,17H,6,9,16H2,1-5H3. The molecule has 1 aromatic carbocycles. The number of benzene rings is 1. The molecule has 0 aliphatic carbocycles. The monoisotopic (exact) mass is 314 g/mol. The molecule has 0 amide bonds. The second-order valence-electron chi connectivity index (χ2n) is 5.59. The van der Waals surface area contributed by atoms with Crippen LogP contribution in [0.2, 0.25) is 0 Å². The largest absolute Gasteiger partial charge is 0.398 e. The first kappa shape index (κ1) is 17.9. The molecule has 1 unspecified atom stereocenters. The predicted octanol–water partition coefficient (Wildman–Crippen LogP) is 2.23. The summed E-state index contributed by atoms with van der Waals surface area (Å²) in [6, 6.07) is 2.88. The number of sulfonamides is 1. The molecule has 120 valence electrons. The number of ether oxygens (including phenoxy) is 1. The third-order valence-corrected chi connectivity index (χ3v) is 5.07. The fraction of sp³-hybridized carbons (Fsp3) is 0.600. The van der Waals surface area contributed by atoms with Gasteiger partial charge >= 0.3 is 0 Å². The van der Waals surface area contributed by atoms with Gasteiger partial charge < -0.3 is 10.5 Å². The zero-order valence-corrected chi connectivity index (χ0v) is 14.3. The van der Waals surface area contributed by atoms with Gasteiger partial charge in [-0.15, -0.1) is 0 Å². The van der Waals surface area contributed by atoms with Crippen LogP contribution in [-0.4, -0.2) is 27.7 Å². The van der Waals surface area contributed by atoms with E-state index >= 15 is 0 Å². The van der Waals surface area contributed by atoms with E-state index in [1.165, 1.54) is 6.07 Å². The summed E-state index contributed by atoms with van der Waals surface area (Å²) >= 11 is 0. The van der Waals surface area contributed by atoms with Gasteiger partial charge in [-0.3, -0.25) is 0 Å². The Morgan fingerprint density at radius 1 is 1.29 bits per heavy atom. The van der Waals surface area contributed by atoms with Gasteiger partial charge in [-0.1, -0.05) is 13.8 Å². The van der Waals surface area contributed by atoms with Gasteiger partial charge in [0, 0.05) is 18.3 Å².